The van der Waals surface area contributed by atoms with Crippen molar-refractivity contribution >= 4 is 11.9 Å². The van der Waals surface area contributed by atoms with Gasteiger partial charge in [0.15, 0.2) is 5.96 Å². The number of nitrogens with two attached hydrogens (primary N) is 1. The van der Waals surface area contributed by atoms with E-state index in [1.54, 1.807) is 24.3 Å². The second-order valence-corrected chi connectivity index (χ2v) is 2.55. The minimum atomic E-state index is -0.480. The topological polar surface area (TPSA) is 88.2 Å². The number of ether oxygens (including phenoxy) is 1. The number of rotatable bonds is 3. The Bertz CT molecular complexity index is 324. The fourth-order valence-electron chi connectivity index (χ4n) is 0.823. The first-order valence-corrected chi connectivity index (χ1v) is 4.02. The largest absolute Gasteiger partial charge is 0.425 e. The number of carbonyl (C=O) groups excluding carboxylic acids is 1. The number of hydrogen-bond acceptors (Lipinski definition) is 3. The summed E-state index contributed by atoms with van der Waals surface area (Å²) in [7, 11) is 0. The molecule has 5 heteroatoms. The lowest BCUT2D eigenvalue weighted by Gasteiger charge is -2.04. The first kappa shape index (κ1) is 10.0. The first-order chi connectivity index (χ1) is 6.68. The smallest absolute Gasteiger partial charge is 0.330 e. The van der Waals surface area contributed by atoms with Crippen LogP contribution in [0.1, 0.15) is 0 Å². The van der Waals surface area contributed by atoms with Crippen molar-refractivity contribution in [3.8, 4) is 5.75 Å². The quantitative estimate of drug-likeness (QED) is 0.274. The van der Waals surface area contributed by atoms with Gasteiger partial charge in [0.05, 0.1) is 0 Å². The highest BCUT2D eigenvalue weighted by atomic mass is 16.5. The van der Waals surface area contributed by atoms with Crippen LogP contribution in [0.2, 0.25) is 0 Å². The van der Waals surface area contributed by atoms with Gasteiger partial charge >= 0.3 is 5.97 Å². The Kier molecular flexibility index (Phi) is 3.49. The van der Waals surface area contributed by atoms with Crippen LogP contribution in [0.5, 0.6) is 5.75 Å². The van der Waals surface area contributed by atoms with Crippen LogP contribution in [0.25, 0.3) is 0 Å². The highest BCUT2D eigenvalue weighted by Gasteiger charge is 2.03. The van der Waals surface area contributed by atoms with Crippen molar-refractivity contribution < 1.29 is 9.53 Å². The monoisotopic (exact) mass is 193 g/mol. The Hall–Kier alpha value is -2.04. The minimum Gasteiger partial charge on any atom is -0.425 e. The molecule has 0 saturated heterocycles. The third kappa shape index (κ3) is 3.57. The summed E-state index contributed by atoms with van der Waals surface area (Å²) in [6.07, 6.45) is 0. The number of guanidine groups is 1. The van der Waals surface area contributed by atoms with Crippen LogP contribution in [0.4, 0.5) is 0 Å². The summed E-state index contributed by atoms with van der Waals surface area (Å²) in [4.78, 5) is 11.1. The van der Waals surface area contributed by atoms with E-state index in [0.717, 1.165) is 0 Å². The lowest BCUT2D eigenvalue weighted by Crippen LogP contribution is -2.36. The zero-order chi connectivity index (χ0) is 10.4. The number of carbonyl (C=O) groups is 1. The second-order valence-electron chi connectivity index (χ2n) is 2.55. The minimum absolute atomic E-state index is 0.107. The SMILES string of the molecule is N=C(N)NCC(=O)Oc1ccccc1. The van der Waals surface area contributed by atoms with Gasteiger partial charge in [0.25, 0.3) is 0 Å². The molecule has 14 heavy (non-hydrogen) atoms. The third-order valence-corrected chi connectivity index (χ3v) is 1.40. The fourth-order valence-corrected chi connectivity index (χ4v) is 0.823. The molecule has 0 fully saturated rings. The molecule has 0 amide bonds. The number of para-hydroxylation sites is 1. The Morgan fingerprint density at radius 3 is 2.64 bits per heavy atom. The Morgan fingerprint density at radius 2 is 2.07 bits per heavy atom. The molecule has 0 spiro atoms. The number of hydrogen-bond donors (Lipinski definition) is 3. The molecule has 0 aromatic heterocycles. The van der Waals surface area contributed by atoms with Gasteiger partial charge in [-0.15, -0.1) is 0 Å². The summed E-state index contributed by atoms with van der Waals surface area (Å²) < 4.78 is 4.91. The van der Waals surface area contributed by atoms with Crippen LogP contribution in [0.15, 0.2) is 30.3 Å². The van der Waals surface area contributed by atoms with Crippen molar-refractivity contribution in [2.24, 2.45) is 5.73 Å². The second kappa shape index (κ2) is 4.86. The van der Waals surface area contributed by atoms with E-state index >= 15 is 0 Å². The molecular formula is C9H11N3O2. The summed E-state index contributed by atoms with van der Waals surface area (Å²) in [6, 6.07) is 8.70. The summed E-state index contributed by atoms with van der Waals surface area (Å²) in [5.41, 5.74) is 5.00. The predicted molar refractivity (Wildman–Crippen MR) is 52.0 cm³/mol. The van der Waals surface area contributed by atoms with E-state index < -0.39 is 5.97 Å². The molecule has 0 bridgehead atoms. The molecule has 0 atom stereocenters. The van der Waals surface area contributed by atoms with Gasteiger partial charge in [0, 0.05) is 0 Å². The van der Waals surface area contributed by atoms with Gasteiger partial charge in [0.1, 0.15) is 12.3 Å². The van der Waals surface area contributed by atoms with Gasteiger partial charge in [-0.05, 0) is 12.1 Å². The number of esters is 1. The molecule has 74 valence electrons. The van der Waals surface area contributed by atoms with Crippen molar-refractivity contribution in [3.05, 3.63) is 30.3 Å². The first-order valence-electron chi connectivity index (χ1n) is 4.02. The number of nitrogens with one attached hydrogen (secondary N) is 2. The molecule has 0 saturated carbocycles. The summed E-state index contributed by atoms with van der Waals surface area (Å²) in [5, 5.41) is 9.18. The maximum Gasteiger partial charge on any atom is 0.330 e. The van der Waals surface area contributed by atoms with Gasteiger partial charge in [-0.1, -0.05) is 18.2 Å². The molecule has 0 unspecified atom stereocenters. The molecule has 5 nitrogen and oxygen atoms in total. The molecular weight excluding hydrogens is 182 g/mol. The van der Waals surface area contributed by atoms with Crippen LogP contribution < -0.4 is 15.8 Å². The van der Waals surface area contributed by atoms with Crippen LogP contribution in [-0.4, -0.2) is 18.5 Å². The molecule has 4 N–H and O–H groups in total. The van der Waals surface area contributed by atoms with E-state index in [1.165, 1.54) is 0 Å². The van der Waals surface area contributed by atoms with Gasteiger partial charge in [-0.2, -0.15) is 0 Å². The van der Waals surface area contributed by atoms with Crippen LogP contribution in [-0.2, 0) is 4.79 Å². The fraction of sp³-hybridized carbons (Fsp3) is 0.111. The van der Waals surface area contributed by atoms with Crippen LogP contribution >= 0.6 is 0 Å². The molecule has 0 aliphatic rings. The van der Waals surface area contributed by atoms with Crippen LogP contribution in [0, 0.1) is 5.41 Å². The molecule has 0 aliphatic heterocycles. The maximum atomic E-state index is 11.1. The third-order valence-electron chi connectivity index (χ3n) is 1.40. The molecule has 0 aliphatic carbocycles. The Labute approximate surface area is 81.4 Å². The van der Waals surface area contributed by atoms with Crippen molar-refractivity contribution in [1.82, 2.24) is 5.32 Å². The molecule has 0 radical (unpaired) electrons. The number of benzene rings is 1. The predicted octanol–water partition coefficient (Wildman–Crippen LogP) is 0.0751. The van der Waals surface area contributed by atoms with Gasteiger partial charge in [-0.3, -0.25) is 5.41 Å². The normalized spacial score (nSPS) is 9.14. The molecule has 0 heterocycles. The molecule has 1 aromatic rings. The van der Waals surface area contributed by atoms with Gasteiger partial charge < -0.3 is 15.8 Å². The lowest BCUT2D eigenvalue weighted by molar-refractivity contribution is -0.133. The zero-order valence-electron chi connectivity index (χ0n) is 7.49. The van der Waals surface area contributed by atoms with E-state index in [4.69, 9.17) is 15.9 Å². The zero-order valence-corrected chi connectivity index (χ0v) is 7.49. The Balaban J connectivity index is 2.38. The standard InChI is InChI=1S/C9H11N3O2/c10-9(11)12-6-8(13)14-7-4-2-1-3-5-7/h1-5H,6H2,(H4,10,11,12). The molecule has 1 rings (SSSR count). The van der Waals surface area contributed by atoms with Crippen molar-refractivity contribution in [2.45, 2.75) is 0 Å². The van der Waals surface area contributed by atoms with Crippen molar-refractivity contribution in [1.29, 1.82) is 5.41 Å². The average Bonchev–Trinajstić information content (AvgIpc) is 2.16. The van der Waals surface area contributed by atoms with E-state index in [2.05, 4.69) is 5.32 Å². The summed E-state index contributed by atoms with van der Waals surface area (Å²) in [6.45, 7) is -0.107. The Morgan fingerprint density at radius 1 is 1.43 bits per heavy atom. The van der Waals surface area contributed by atoms with E-state index in [-0.39, 0.29) is 12.5 Å². The highest BCUT2D eigenvalue weighted by Crippen LogP contribution is 2.07. The molecule has 1 aromatic carbocycles. The van der Waals surface area contributed by atoms with Crippen molar-refractivity contribution in [3.63, 3.8) is 0 Å². The summed E-state index contributed by atoms with van der Waals surface area (Å²) >= 11 is 0. The van der Waals surface area contributed by atoms with Gasteiger partial charge in [-0.25, -0.2) is 4.79 Å². The highest BCUT2D eigenvalue weighted by molar-refractivity contribution is 5.82. The summed E-state index contributed by atoms with van der Waals surface area (Å²) in [5.74, 6) is -0.260. The van der Waals surface area contributed by atoms with E-state index in [0.29, 0.717) is 5.75 Å². The van der Waals surface area contributed by atoms with Crippen molar-refractivity contribution in [2.75, 3.05) is 6.54 Å². The lowest BCUT2D eigenvalue weighted by atomic mass is 10.3. The van der Waals surface area contributed by atoms with Gasteiger partial charge in [0.2, 0.25) is 0 Å². The van der Waals surface area contributed by atoms with E-state index in [9.17, 15) is 4.79 Å². The average molecular weight is 193 g/mol. The van der Waals surface area contributed by atoms with Crippen LogP contribution in [0.3, 0.4) is 0 Å². The van der Waals surface area contributed by atoms with E-state index in [1.807, 2.05) is 6.07 Å². The maximum absolute atomic E-state index is 11.1.